The van der Waals surface area contributed by atoms with E-state index in [1.165, 1.54) is 0 Å². The van der Waals surface area contributed by atoms with Crippen molar-refractivity contribution in [3.8, 4) is 0 Å². The van der Waals surface area contributed by atoms with Gasteiger partial charge in [-0.3, -0.25) is 0 Å². The van der Waals surface area contributed by atoms with Crippen molar-refractivity contribution >= 4 is 5.97 Å². The first-order chi connectivity index (χ1) is 18.7. The Morgan fingerprint density at radius 1 is 0.900 bits per heavy atom. The Bertz CT molecular complexity index is 841. The van der Waals surface area contributed by atoms with Gasteiger partial charge in [0.2, 0.25) is 0 Å². The molecule has 3 saturated heterocycles. The van der Waals surface area contributed by atoms with Gasteiger partial charge in [-0.05, 0) is 0 Å². The quantitative estimate of drug-likeness (QED) is 0.112. The molecule has 0 aromatic carbocycles. The molecule has 0 spiro atoms. The van der Waals surface area contributed by atoms with E-state index in [9.17, 15) is 55.9 Å². The molecule has 0 bridgehead atoms. The molecule has 3 aliphatic rings. The molecule has 19 heteroatoms. The predicted octanol–water partition coefficient (Wildman–Crippen LogP) is -8.43. The molecular weight excluding hydrogens is 552 g/mol. The first-order valence-corrected chi connectivity index (χ1v) is 12.4. The summed E-state index contributed by atoms with van der Waals surface area (Å²) in [6.07, 6.45) is -24.2. The first kappa shape index (κ1) is 33.3. The smallest absolute Gasteiger partial charge is 0.364 e. The van der Waals surface area contributed by atoms with Crippen LogP contribution in [0.5, 0.6) is 0 Å². The summed E-state index contributed by atoms with van der Waals surface area (Å²) in [7, 11) is 0. The maximum absolute atomic E-state index is 12.4. The first-order valence-electron chi connectivity index (χ1n) is 12.4. The van der Waals surface area contributed by atoms with Crippen LogP contribution in [0.25, 0.3) is 0 Å². The summed E-state index contributed by atoms with van der Waals surface area (Å²) in [4.78, 5) is 12.4. The van der Waals surface area contributed by atoms with Crippen LogP contribution in [0.3, 0.4) is 0 Å². The van der Waals surface area contributed by atoms with Crippen molar-refractivity contribution in [3.63, 3.8) is 0 Å². The summed E-state index contributed by atoms with van der Waals surface area (Å²) in [5.41, 5.74) is 11.5. The van der Waals surface area contributed by atoms with Crippen LogP contribution in [0.2, 0.25) is 0 Å². The highest BCUT2D eigenvalue weighted by atomic mass is 16.8. The van der Waals surface area contributed by atoms with Crippen molar-refractivity contribution in [2.45, 2.75) is 104 Å². The van der Waals surface area contributed by atoms with Gasteiger partial charge in [0.25, 0.3) is 5.79 Å². The standard InChI is InChI=1S/C21H38N2O17/c22-9-5(27)1-21(20(34)35,39-16(9)11(29)6(28)2-24)40-17-12(30)7(3-25)37-19(14(17)32)38-15-8(4-26)36-18(33)10(23)13(15)31/h5-19,24-33H,1-4,22-23H2,(H,34,35)/t5-,6+,7+,8+,9+,10+,11+,12-,13+,14+,15+,16+,17-,18?,19-,21-/m0/s1. The summed E-state index contributed by atoms with van der Waals surface area (Å²) in [6.45, 7) is -2.69. The summed E-state index contributed by atoms with van der Waals surface area (Å²) >= 11 is 0. The molecule has 0 saturated carbocycles. The van der Waals surface area contributed by atoms with Crippen LogP contribution in [0, 0.1) is 0 Å². The van der Waals surface area contributed by atoms with Gasteiger partial charge in [0, 0.05) is 6.42 Å². The SMILES string of the molecule is N[C@H]1[C@H]([C@H](O)[C@H](O)CO)O[C@@](O[C@H]2[C@@H](O)[C@@H](CO)O[C@@H](O[C@H]3[C@H](O)[C@@H](N)C(O)O[C@@H]3CO)[C@@H]2O)(C(=O)O)C[C@@H]1O. The maximum Gasteiger partial charge on any atom is 0.364 e. The van der Waals surface area contributed by atoms with Crippen molar-refractivity contribution in [2.75, 3.05) is 19.8 Å². The van der Waals surface area contributed by atoms with E-state index in [2.05, 4.69) is 0 Å². The number of rotatable bonds is 10. The van der Waals surface area contributed by atoms with Crippen molar-refractivity contribution in [1.29, 1.82) is 0 Å². The molecule has 1 unspecified atom stereocenters. The third-order valence-electron chi connectivity index (χ3n) is 7.23. The average Bonchev–Trinajstić information content (AvgIpc) is 2.93. The minimum absolute atomic E-state index is 0.794. The fraction of sp³-hybridized carbons (Fsp3) is 0.952. The molecule has 16 atom stereocenters. The largest absolute Gasteiger partial charge is 0.477 e. The minimum atomic E-state index is -2.92. The van der Waals surface area contributed by atoms with Crippen LogP contribution in [-0.2, 0) is 28.5 Å². The van der Waals surface area contributed by atoms with Gasteiger partial charge in [0.05, 0.1) is 38.0 Å². The average molecular weight is 591 g/mol. The number of nitrogens with two attached hydrogens (primary N) is 2. The van der Waals surface area contributed by atoms with E-state index in [0.29, 0.717) is 0 Å². The lowest BCUT2D eigenvalue weighted by molar-refractivity contribution is -0.381. The van der Waals surface area contributed by atoms with Crippen molar-refractivity contribution in [2.24, 2.45) is 11.5 Å². The van der Waals surface area contributed by atoms with Crippen LogP contribution >= 0.6 is 0 Å². The zero-order valence-corrected chi connectivity index (χ0v) is 21.0. The summed E-state index contributed by atoms with van der Waals surface area (Å²) in [6, 6.07) is -2.89. The Hall–Kier alpha value is -1.21. The molecule has 234 valence electrons. The zero-order valence-electron chi connectivity index (χ0n) is 21.0. The fourth-order valence-corrected chi connectivity index (χ4v) is 4.81. The monoisotopic (exact) mass is 590 g/mol. The molecule has 40 heavy (non-hydrogen) atoms. The molecule has 19 nitrogen and oxygen atoms in total. The molecule has 0 aliphatic carbocycles. The van der Waals surface area contributed by atoms with Gasteiger partial charge in [-0.15, -0.1) is 0 Å². The van der Waals surface area contributed by atoms with Gasteiger partial charge in [-0.2, -0.15) is 0 Å². The molecule has 3 heterocycles. The van der Waals surface area contributed by atoms with E-state index >= 15 is 0 Å². The maximum atomic E-state index is 12.4. The third-order valence-corrected chi connectivity index (χ3v) is 7.23. The van der Waals surface area contributed by atoms with E-state index in [0.717, 1.165) is 0 Å². The molecular formula is C21H38N2O17. The molecule has 3 aliphatic heterocycles. The van der Waals surface area contributed by atoms with Crippen molar-refractivity contribution < 1.29 is 84.7 Å². The Balaban J connectivity index is 1.90. The van der Waals surface area contributed by atoms with E-state index < -0.39 is 130 Å². The van der Waals surface area contributed by atoms with Gasteiger partial charge in [0.1, 0.15) is 61.0 Å². The lowest BCUT2D eigenvalue weighted by Crippen LogP contribution is -2.70. The second-order valence-corrected chi connectivity index (χ2v) is 9.94. The molecule has 3 fully saturated rings. The van der Waals surface area contributed by atoms with E-state index in [1.54, 1.807) is 0 Å². The van der Waals surface area contributed by atoms with Gasteiger partial charge in [-0.25, -0.2) is 4.79 Å². The topological polar surface area (TPSA) is 338 Å². The Morgan fingerprint density at radius 2 is 1.52 bits per heavy atom. The highest BCUT2D eigenvalue weighted by molar-refractivity contribution is 5.76. The Kier molecular flexibility index (Phi) is 11.2. The number of hydrogen-bond acceptors (Lipinski definition) is 18. The van der Waals surface area contributed by atoms with E-state index in [4.69, 9.17) is 40.3 Å². The van der Waals surface area contributed by atoms with Crippen LogP contribution in [0.1, 0.15) is 6.42 Å². The van der Waals surface area contributed by atoms with Gasteiger partial charge >= 0.3 is 5.97 Å². The van der Waals surface area contributed by atoms with Gasteiger partial charge < -0.3 is 91.3 Å². The highest BCUT2D eigenvalue weighted by Gasteiger charge is 2.59. The second kappa shape index (κ2) is 13.4. The lowest BCUT2D eigenvalue weighted by Gasteiger charge is -2.50. The molecule has 0 aromatic heterocycles. The minimum Gasteiger partial charge on any atom is -0.477 e. The molecule has 0 aromatic rings. The van der Waals surface area contributed by atoms with Crippen molar-refractivity contribution in [1.82, 2.24) is 0 Å². The Labute approximate surface area is 226 Å². The summed E-state index contributed by atoms with van der Waals surface area (Å²) < 4.78 is 26.9. The second-order valence-electron chi connectivity index (χ2n) is 9.94. The summed E-state index contributed by atoms with van der Waals surface area (Å²) in [5.74, 6) is -4.83. The zero-order chi connectivity index (χ0) is 30.1. The predicted molar refractivity (Wildman–Crippen MR) is 122 cm³/mol. The Morgan fingerprint density at radius 3 is 2.08 bits per heavy atom. The number of aliphatic hydroxyl groups is 10. The van der Waals surface area contributed by atoms with Gasteiger partial charge in [0.15, 0.2) is 12.6 Å². The highest BCUT2D eigenvalue weighted by Crippen LogP contribution is 2.37. The number of carbonyl (C=O) groups is 1. The number of aliphatic hydroxyl groups excluding tert-OH is 10. The number of ether oxygens (including phenoxy) is 5. The third kappa shape index (κ3) is 6.40. The van der Waals surface area contributed by atoms with Crippen LogP contribution in [-0.4, -0.2) is 180 Å². The molecule has 15 N–H and O–H groups in total. The van der Waals surface area contributed by atoms with Crippen LogP contribution in [0.15, 0.2) is 0 Å². The number of carboxylic acids is 1. The number of hydrogen-bond donors (Lipinski definition) is 13. The van der Waals surface area contributed by atoms with Gasteiger partial charge in [-0.1, -0.05) is 0 Å². The van der Waals surface area contributed by atoms with Crippen molar-refractivity contribution in [3.05, 3.63) is 0 Å². The van der Waals surface area contributed by atoms with E-state index in [1.807, 2.05) is 0 Å². The number of carboxylic acid groups (broad SMARTS) is 1. The molecule has 0 radical (unpaired) electrons. The molecule has 3 rings (SSSR count). The molecule has 0 amide bonds. The normalized spacial score (nSPS) is 48.0. The summed E-state index contributed by atoms with van der Waals surface area (Å²) in [5, 5.41) is 111. The fourth-order valence-electron chi connectivity index (χ4n) is 4.81. The van der Waals surface area contributed by atoms with Crippen LogP contribution < -0.4 is 11.5 Å². The van der Waals surface area contributed by atoms with E-state index in [-0.39, 0.29) is 0 Å². The van der Waals surface area contributed by atoms with Crippen LogP contribution in [0.4, 0.5) is 0 Å². The number of aliphatic carboxylic acids is 1. The lowest BCUT2D eigenvalue weighted by atomic mass is 9.88.